The van der Waals surface area contributed by atoms with Crippen molar-refractivity contribution in [3.63, 3.8) is 0 Å². The number of carbonyl (C=O) groups excluding carboxylic acids is 3. The molecule has 1 aromatic carbocycles. The minimum Gasteiger partial charge on any atom is -0.340 e. The number of hydrogen-bond donors (Lipinski definition) is 3. The van der Waals surface area contributed by atoms with Crippen molar-refractivity contribution in [3.8, 4) is 0 Å². The molecule has 1 aromatic heterocycles. The molecular weight excluding hydrogens is 400 g/mol. The van der Waals surface area contributed by atoms with Gasteiger partial charge in [0.15, 0.2) is 5.82 Å². The molecule has 2 aliphatic rings. The lowest BCUT2D eigenvalue weighted by Gasteiger charge is -2.27. The number of hydrogen-bond acceptors (Lipinski definition) is 7. The quantitative estimate of drug-likeness (QED) is 0.574. The zero-order valence-electron chi connectivity index (χ0n) is 17.6. The van der Waals surface area contributed by atoms with Crippen LogP contribution < -0.4 is 16.1 Å². The summed E-state index contributed by atoms with van der Waals surface area (Å²) >= 11 is 0. The molecule has 4 rings (SSSR count). The number of amides is 4. The van der Waals surface area contributed by atoms with E-state index in [0.29, 0.717) is 23.7 Å². The Bertz CT molecular complexity index is 985. The summed E-state index contributed by atoms with van der Waals surface area (Å²) in [5.41, 5.74) is 1.36. The van der Waals surface area contributed by atoms with Crippen LogP contribution in [0.3, 0.4) is 0 Å². The van der Waals surface area contributed by atoms with Crippen molar-refractivity contribution in [2.45, 2.75) is 57.0 Å². The molecular formula is C21H26N6O4. The standard InChI is InChI=1S/C21H26N6O4/c1-3-21(15-9-5-4-6-10-15)18(29)27(19(30)24-21)25-16(28)13-22-20(11-7-8-12-20)17-23-14(2)31-26-17/h4-6,9-10,22H,3,7-8,11-13H2,1-2H3,(H,24,30)(H,25,28). The number of benzene rings is 1. The summed E-state index contributed by atoms with van der Waals surface area (Å²) in [6, 6.07) is 8.35. The maximum absolute atomic E-state index is 13.1. The van der Waals surface area contributed by atoms with E-state index in [-0.39, 0.29) is 6.54 Å². The van der Waals surface area contributed by atoms with E-state index in [9.17, 15) is 14.4 Å². The summed E-state index contributed by atoms with van der Waals surface area (Å²) in [6.07, 6.45) is 3.85. The molecule has 10 heteroatoms. The summed E-state index contributed by atoms with van der Waals surface area (Å²) in [4.78, 5) is 42.7. The first-order valence-corrected chi connectivity index (χ1v) is 10.5. The molecule has 0 spiro atoms. The number of aryl methyl sites for hydroxylation is 1. The summed E-state index contributed by atoms with van der Waals surface area (Å²) < 4.78 is 5.11. The SMILES string of the molecule is CCC1(c2ccccc2)NC(=O)N(NC(=O)CNC2(c3noc(C)n3)CCCC2)C1=O. The van der Waals surface area contributed by atoms with E-state index < -0.39 is 28.9 Å². The van der Waals surface area contributed by atoms with Crippen LogP contribution in [-0.2, 0) is 20.7 Å². The maximum Gasteiger partial charge on any atom is 0.344 e. The third kappa shape index (κ3) is 3.67. The van der Waals surface area contributed by atoms with E-state index >= 15 is 0 Å². The van der Waals surface area contributed by atoms with Crippen molar-refractivity contribution >= 4 is 17.8 Å². The number of nitrogens with zero attached hydrogens (tertiary/aromatic N) is 3. The van der Waals surface area contributed by atoms with Gasteiger partial charge in [0.05, 0.1) is 12.1 Å². The summed E-state index contributed by atoms with van der Waals surface area (Å²) in [7, 11) is 0. The van der Waals surface area contributed by atoms with Crippen LogP contribution >= 0.6 is 0 Å². The van der Waals surface area contributed by atoms with Gasteiger partial charge in [0, 0.05) is 6.92 Å². The van der Waals surface area contributed by atoms with Crippen LogP contribution in [-0.4, -0.2) is 39.5 Å². The molecule has 2 fully saturated rings. The molecule has 0 radical (unpaired) electrons. The zero-order valence-corrected chi connectivity index (χ0v) is 17.6. The van der Waals surface area contributed by atoms with Crippen LogP contribution in [0.4, 0.5) is 4.79 Å². The molecule has 2 aromatic rings. The average molecular weight is 426 g/mol. The molecule has 1 unspecified atom stereocenters. The van der Waals surface area contributed by atoms with Crippen LogP contribution in [0, 0.1) is 6.92 Å². The highest BCUT2D eigenvalue weighted by molar-refractivity contribution is 6.08. The van der Waals surface area contributed by atoms with E-state index in [4.69, 9.17) is 4.52 Å². The normalized spacial score (nSPS) is 22.6. The molecule has 164 valence electrons. The first-order valence-electron chi connectivity index (χ1n) is 10.5. The largest absolute Gasteiger partial charge is 0.344 e. The second kappa shape index (κ2) is 8.10. The van der Waals surface area contributed by atoms with Gasteiger partial charge in [0.25, 0.3) is 11.8 Å². The Hall–Kier alpha value is -3.27. The van der Waals surface area contributed by atoms with Gasteiger partial charge in [-0.25, -0.2) is 4.79 Å². The van der Waals surface area contributed by atoms with Crippen molar-refractivity contribution in [1.82, 2.24) is 31.2 Å². The highest BCUT2D eigenvalue weighted by atomic mass is 16.5. The number of urea groups is 1. The van der Waals surface area contributed by atoms with Crippen LogP contribution in [0.5, 0.6) is 0 Å². The van der Waals surface area contributed by atoms with E-state index in [2.05, 4.69) is 26.2 Å². The molecule has 1 atom stereocenters. The Kier molecular flexibility index (Phi) is 5.48. The topological polar surface area (TPSA) is 129 Å². The second-order valence-corrected chi connectivity index (χ2v) is 8.01. The number of rotatable bonds is 7. The molecule has 1 saturated heterocycles. The van der Waals surface area contributed by atoms with Gasteiger partial charge in [-0.2, -0.15) is 9.99 Å². The minimum absolute atomic E-state index is 0.102. The van der Waals surface area contributed by atoms with Crippen LogP contribution in [0.1, 0.15) is 56.3 Å². The van der Waals surface area contributed by atoms with E-state index in [1.807, 2.05) is 13.0 Å². The molecule has 10 nitrogen and oxygen atoms in total. The predicted molar refractivity (Wildman–Crippen MR) is 109 cm³/mol. The van der Waals surface area contributed by atoms with Crippen molar-refractivity contribution < 1.29 is 18.9 Å². The molecule has 1 aliphatic carbocycles. The molecule has 0 bridgehead atoms. The molecule has 4 amide bonds. The molecule has 1 saturated carbocycles. The highest BCUT2D eigenvalue weighted by Gasteiger charge is 2.52. The van der Waals surface area contributed by atoms with Crippen LogP contribution in [0.2, 0.25) is 0 Å². The van der Waals surface area contributed by atoms with E-state index in [1.165, 1.54) is 0 Å². The number of carbonyl (C=O) groups is 3. The Labute approximate surface area is 179 Å². The van der Waals surface area contributed by atoms with E-state index in [1.54, 1.807) is 31.2 Å². The van der Waals surface area contributed by atoms with Gasteiger partial charge >= 0.3 is 6.03 Å². The first kappa shape index (κ1) is 21.0. The molecule has 2 heterocycles. The van der Waals surface area contributed by atoms with Crippen molar-refractivity contribution in [1.29, 1.82) is 0 Å². The van der Waals surface area contributed by atoms with Crippen LogP contribution in [0.15, 0.2) is 34.9 Å². The van der Waals surface area contributed by atoms with Gasteiger partial charge in [-0.1, -0.05) is 55.3 Å². The smallest absolute Gasteiger partial charge is 0.340 e. The average Bonchev–Trinajstić information content (AvgIpc) is 3.49. The van der Waals surface area contributed by atoms with Gasteiger partial charge in [0.2, 0.25) is 5.89 Å². The monoisotopic (exact) mass is 426 g/mol. The Morgan fingerprint density at radius 2 is 1.94 bits per heavy atom. The Morgan fingerprint density at radius 1 is 1.23 bits per heavy atom. The van der Waals surface area contributed by atoms with Crippen molar-refractivity contribution in [2.75, 3.05) is 6.54 Å². The summed E-state index contributed by atoms with van der Waals surface area (Å²) in [6.45, 7) is 3.43. The first-order chi connectivity index (χ1) is 14.9. The van der Waals surface area contributed by atoms with Crippen molar-refractivity contribution in [3.05, 3.63) is 47.6 Å². The zero-order chi connectivity index (χ0) is 22.1. The molecule has 1 aliphatic heterocycles. The number of hydrazine groups is 1. The number of nitrogens with one attached hydrogen (secondary N) is 3. The number of imide groups is 1. The lowest BCUT2D eigenvalue weighted by Crippen LogP contribution is -2.53. The van der Waals surface area contributed by atoms with Crippen LogP contribution in [0.25, 0.3) is 0 Å². The fourth-order valence-electron chi connectivity index (χ4n) is 4.40. The van der Waals surface area contributed by atoms with Gasteiger partial charge in [-0.05, 0) is 24.8 Å². The fraction of sp³-hybridized carbons (Fsp3) is 0.476. The lowest BCUT2D eigenvalue weighted by atomic mass is 9.87. The fourth-order valence-corrected chi connectivity index (χ4v) is 4.40. The predicted octanol–water partition coefficient (Wildman–Crippen LogP) is 1.63. The molecule has 31 heavy (non-hydrogen) atoms. The van der Waals surface area contributed by atoms with Gasteiger partial charge in [0.1, 0.15) is 5.54 Å². The van der Waals surface area contributed by atoms with Gasteiger partial charge in [-0.3, -0.25) is 20.3 Å². The molecule has 3 N–H and O–H groups in total. The van der Waals surface area contributed by atoms with E-state index in [0.717, 1.165) is 30.7 Å². The summed E-state index contributed by atoms with van der Waals surface area (Å²) in [5, 5.41) is 10.8. The third-order valence-electron chi connectivity index (χ3n) is 6.13. The minimum atomic E-state index is -1.20. The van der Waals surface area contributed by atoms with Gasteiger partial charge in [-0.15, -0.1) is 0 Å². The van der Waals surface area contributed by atoms with Crippen molar-refractivity contribution in [2.24, 2.45) is 0 Å². The summed E-state index contributed by atoms with van der Waals surface area (Å²) in [5.74, 6) is -0.0260. The lowest BCUT2D eigenvalue weighted by molar-refractivity contribution is -0.139. The highest BCUT2D eigenvalue weighted by Crippen LogP contribution is 2.37. The Morgan fingerprint density at radius 3 is 2.55 bits per heavy atom. The maximum atomic E-state index is 13.1. The Balaban J connectivity index is 1.45. The van der Waals surface area contributed by atoms with Gasteiger partial charge < -0.3 is 9.84 Å². The number of aromatic nitrogens is 2. The second-order valence-electron chi connectivity index (χ2n) is 8.01. The third-order valence-corrected chi connectivity index (χ3v) is 6.13.